The van der Waals surface area contributed by atoms with Crippen molar-refractivity contribution in [1.29, 1.82) is 0 Å². The zero-order valence-electron chi connectivity index (χ0n) is 27.3. The zero-order chi connectivity index (χ0) is 32.7. The van der Waals surface area contributed by atoms with Gasteiger partial charge in [-0.2, -0.15) is 5.10 Å². The van der Waals surface area contributed by atoms with E-state index in [1.165, 1.54) is 18.5 Å². The summed E-state index contributed by atoms with van der Waals surface area (Å²) in [5.74, 6) is 0.679. The van der Waals surface area contributed by atoms with Crippen LogP contribution in [-0.4, -0.2) is 81.3 Å². The molecule has 4 aromatic heterocycles. The van der Waals surface area contributed by atoms with Crippen LogP contribution in [0.25, 0.3) is 33.5 Å². The minimum absolute atomic E-state index is 0.0742. The topological polar surface area (TPSA) is 137 Å². The molecule has 0 unspecified atom stereocenters. The maximum atomic E-state index is 11.3. The van der Waals surface area contributed by atoms with Gasteiger partial charge in [0, 0.05) is 55.7 Å². The van der Waals surface area contributed by atoms with Gasteiger partial charge in [0.15, 0.2) is 12.1 Å². The number of benzene rings is 1. The molecule has 6 rings (SSSR count). The largest absolute Gasteiger partial charge is 0.383 e. The normalized spacial score (nSPS) is 14.2. The van der Waals surface area contributed by atoms with Gasteiger partial charge in [-0.3, -0.25) is 19.4 Å². The Balaban J connectivity index is 0.000000184. The number of aldehydes is 1. The first-order valence-electron chi connectivity index (χ1n) is 15.6. The second kappa shape index (κ2) is 14.7. The van der Waals surface area contributed by atoms with E-state index >= 15 is 0 Å². The van der Waals surface area contributed by atoms with Gasteiger partial charge in [-0.25, -0.2) is 9.97 Å². The summed E-state index contributed by atoms with van der Waals surface area (Å²) in [5.41, 5.74) is 11.7. The van der Waals surface area contributed by atoms with E-state index in [0.717, 1.165) is 48.4 Å². The highest BCUT2D eigenvalue weighted by Gasteiger charge is 2.24. The Morgan fingerprint density at radius 2 is 1.85 bits per heavy atom. The van der Waals surface area contributed by atoms with Crippen LogP contribution in [0.15, 0.2) is 67.0 Å². The van der Waals surface area contributed by atoms with Gasteiger partial charge in [0.25, 0.3) is 0 Å². The average molecular weight is 622 g/mol. The fraction of sp³-hybridized carbons (Fsp3) is 0.371. The van der Waals surface area contributed by atoms with E-state index < -0.39 is 0 Å². The Morgan fingerprint density at radius 3 is 2.54 bits per heavy atom. The molecule has 240 valence electrons. The number of methoxy groups -OCH3 is 1. The van der Waals surface area contributed by atoms with Crippen LogP contribution >= 0.6 is 0 Å². The van der Waals surface area contributed by atoms with Crippen LogP contribution in [0.2, 0.25) is 0 Å². The molecule has 1 aliphatic heterocycles. The van der Waals surface area contributed by atoms with Gasteiger partial charge < -0.3 is 20.7 Å². The van der Waals surface area contributed by atoms with E-state index in [2.05, 4.69) is 62.3 Å². The third kappa shape index (κ3) is 7.61. The second-order valence-electron chi connectivity index (χ2n) is 12.0. The van der Waals surface area contributed by atoms with Gasteiger partial charge in [-0.1, -0.05) is 18.2 Å². The smallest absolute Gasteiger partial charge is 0.172 e. The van der Waals surface area contributed by atoms with E-state index in [-0.39, 0.29) is 17.1 Å². The van der Waals surface area contributed by atoms with Gasteiger partial charge in [0.05, 0.1) is 29.1 Å². The number of fused-ring (bicyclic) bond motifs is 1. The van der Waals surface area contributed by atoms with Crippen LogP contribution in [0.3, 0.4) is 0 Å². The lowest BCUT2D eigenvalue weighted by atomic mass is 9.91. The van der Waals surface area contributed by atoms with Crippen LogP contribution in [-0.2, 0) is 17.3 Å². The van der Waals surface area contributed by atoms with Crippen LogP contribution in [0, 0.1) is 0 Å². The third-order valence-corrected chi connectivity index (χ3v) is 8.55. The number of aryl methyl sites for hydroxylation is 1. The van der Waals surface area contributed by atoms with Gasteiger partial charge in [0.2, 0.25) is 0 Å². The molecule has 11 nitrogen and oxygen atoms in total. The molecule has 1 saturated heterocycles. The molecule has 0 aliphatic carbocycles. The fourth-order valence-corrected chi connectivity index (χ4v) is 5.52. The number of likely N-dealkylation sites (tertiary alicyclic amines) is 1. The molecule has 0 saturated carbocycles. The Labute approximate surface area is 270 Å². The summed E-state index contributed by atoms with van der Waals surface area (Å²) < 4.78 is 6.84. The second-order valence-corrected chi connectivity index (χ2v) is 12.0. The van der Waals surface area contributed by atoms with Crippen LogP contribution < -0.4 is 11.1 Å². The Kier molecular flexibility index (Phi) is 10.5. The summed E-state index contributed by atoms with van der Waals surface area (Å²) in [6, 6.07) is 17.9. The van der Waals surface area contributed by atoms with E-state index in [1.807, 2.05) is 56.7 Å². The number of ether oxygens (including phenoxy) is 1. The quantitative estimate of drug-likeness (QED) is 0.220. The van der Waals surface area contributed by atoms with Crippen LogP contribution in [0.1, 0.15) is 54.5 Å². The van der Waals surface area contributed by atoms with Gasteiger partial charge in [-0.05, 0) is 83.2 Å². The number of aromatic nitrogens is 6. The third-order valence-electron chi connectivity index (χ3n) is 8.55. The van der Waals surface area contributed by atoms with E-state index in [1.54, 1.807) is 18.0 Å². The predicted molar refractivity (Wildman–Crippen MR) is 181 cm³/mol. The molecule has 11 heteroatoms. The van der Waals surface area contributed by atoms with E-state index in [9.17, 15) is 4.79 Å². The van der Waals surface area contributed by atoms with Gasteiger partial charge in [-0.15, -0.1) is 0 Å². The average Bonchev–Trinajstić information content (AvgIpc) is 3.53. The zero-order valence-corrected chi connectivity index (χ0v) is 27.3. The first kappa shape index (κ1) is 32.8. The van der Waals surface area contributed by atoms with Gasteiger partial charge in [0.1, 0.15) is 17.1 Å². The number of pyridine rings is 2. The first-order valence-corrected chi connectivity index (χ1v) is 15.6. The monoisotopic (exact) mass is 621 g/mol. The molecule has 0 amide bonds. The number of piperidine rings is 1. The SMILES string of the molecule is CNC(C)(C)c1cccc(C2CCN(CCOC)CC2)n1.Cn1ccc(-c2nc(N)c(C=O)nc2-c2ccc3ncccc3c2)n1. The number of hydrogen-bond donors (Lipinski definition) is 2. The summed E-state index contributed by atoms with van der Waals surface area (Å²) >= 11 is 0. The number of rotatable bonds is 9. The van der Waals surface area contributed by atoms with Crippen LogP contribution in [0.4, 0.5) is 5.82 Å². The lowest BCUT2D eigenvalue weighted by Gasteiger charge is -2.32. The van der Waals surface area contributed by atoms with E-state index in [4.69, 9.17) is 15.5 Å². The molecule has 3 N–H and O–H groups in total. The highest BCUT2D eigenvalue weighted by Crippen LogP contribution is 2.31. The molecular formula is C35H43N9O2. The minimum atomic E-state index is -0.0742. The lowest BCUT2D eigenvalue weighted by Crippen LogP contribution is -2.36. The van der Waals surface area contributed by atoms with E-state index in [0.29, 0.717) is 29.3 Å². The van der Waals surface area contributed by atoms with Crippen molar-refractivity contribution in [3.63, 3.8) is 0 Å². The number of carbonyl (C=O) groups is 1. The molecular weight excluding hydrogens is 578 g/mol. The fourth-order valence-electron chi connectivity index (χ4n) is 5.52. The van der Waals surface area contributed by atoms with Crippen molar-refractivity contribution in [2.24, 2.45) is 7.05 Å². The summed E-state index contributed by atoms with van der Waals surface area (Å²) in [7, 11) is 5.58. The van der Waals surface area contributed by atoms with Crippen molar-refractivity contribution in [1.82, 2.24) is 39.9 Å². The van der Waals surface area contributed by atoms with Crippen molar-refractivity contribution >= 4 is 23.0 Å². The molecule has 0 radical (unpaired) electrons. The van der Waals surface area contributed by atoms with Crippen LogP contribution in [0.5, 0.6) is 0 Å². The molecule has 1 aromatic carbocycles. The van der Waals surface area contributed by atoms with Gasteiger partial charge >= 0.3 is 0 Å². The number of anilines is 1. The molecule has 0 bridgehead atoms. The minimum Gasteiger partial charge on any atom is -0.383 e. The maximum absolute atomic E-state index is 11.3. The lowest BCUT2D eigenvalue weighted by molar-refractivity contribution is 0.111. The summed E-state index contributed by atoms with van der Waals surface area (Å²) in [6.07, 6.45) is 6.56. The molecule has 5 aromatic rings. The number of carbonyl (C=O) groups excluding carboxylic acids is 1. The Bertz CT molecular complexity index is 1780. The maximum Gasteiger partial charge on any atom is 0.172 e. The Morgan fingerprint density at radius 1 is 1.04 bits per heavy atom. The molecule has 1 fully saturated rings. The standard InChI is InChI=1S/C18H14N6O.C17H29N3O/c1-24-8-6-14(23-24)17-16(21-15(10-25)18(19)22-17)12-4-5-13-11(9-12)3-2-7-20-13;1-17(2,18-3)16-7-5-6-15(19-16)14-8-10-20(11-9-14)12-13-21-4/h2-10H,1H3,(H2,19,22);5-7,14,18H,8-13H2,1-4H3. The number of hydrogen-bond acceptors (Lipinski definition) is 10. The highest BCUT2D eigenvalue weighted by atomic mass is 16.5. The van der Waals surface area contributed by atoms with Crippen molar-refractivity contribution in [2.75, 3.05) is 46.1 Å². The molecule has 0 atom stereocenters. The van der Waals surface area contributed by atoms with Crippen molar-refractivity contribution in [3.05, 3.63) is 84.1 Å². The van der Waals surface area contributed by atoms with Crippen molar-refractivity contribution < 1.29 is 9.53 Å². The number of nitrogens with two attached hydrogens (primary N) is 1. The number of nitrogen functional groups attached to an aromatic ring is 1. The summed E-state index contributed by atoms with van der Waals surface area (Å²) in [4.78, 5) is 31.8. The molecule has 1 aliphatic rings. The molecule has 46 heavy (non-hydrogen) atoms. The van der Waals surface area contributed by atoms with Crippen molar-refractivity contribution in [3.8, 4) is 22.6 Å². The first-order chi connectivity index (χ1) is 22.2. The summed E-state index contributed by atoms with van der Waals surface area (Å²) in [5, 5.41) is 8.69. The van der Waals surface area contributed by atoms with Crippen molar-refractivity contribution in [2.45, 2.75) is 38.1 Å². The highest BCUT2D eigenvalue weighted by molar-refractivity contribution is 5.89. The number of nitrogens with one attached hydrogen (secondary N) is 1. The number of nitrogens with zero attached hydrogens (tertiary/aromatic N) is 7. The predicted octanol–water partition coefficient (Wildman–Crippen LogP) is 4.85. The molecule has 0 spiro atoms. The Hall–Kier alpha value is -4.58. The summed E-state index contributed by atoms with van der Waals surface area (Å²) in [6.45, 7) is 8.52. The molecule has 5 heterocycles.